The van der Waals surface area contributed by atoms with Crippen LogP contribution in [0.2, 0.25) is 5.02 Å². The maximum atomic E-state index is 13.8. The summed E-state index contributed by atoms with van der Waals surface area (Å²) in [6.45, 7) is 4.17. The number of amides is 2. The van der Waals surface area contributed by atoms with E-state index >= 15 is 0 Å². The van der Waals surface area contributed by atoms with Crippen molar-refractivity contribution in [1.29, 1.82) is 0 Å². The van der Waals surface area contributed by atoms with Gasteiger partial charge in [-0.2, -0.15) is 0 Å². The Morgan fingerprint density at radius 2 is 2.13 bits per heavy atom. The summed E-state index contributed by atoms with van der Waals surface area (Å²) in [5, 5.41) is 14.8. The molecule has 7 nitrogen and oxygen atoms in total. The van der Waals surface area contributed by atoms with Crippen molar-refractivity contribution in [3.05, 3.63) is 41.2 Å². The van der Waals surface area contributed by atoms with Gasteiger partial charge in [0.15, 0.2) is 5.82 Å². The first-order valence-corrected chi connectivity index (χ1v) is 11.6. The number of piperidine rings is 1. The lowest BCUT2D eigenvalue weighted by Crippen LogP contribution is -2.43. The molecule has 0 unspecified atom stereocenters. The number of nitrogens with one attached hydrogen (secondary N) is 2. The largest absolute Gasteiger partial charge is 0.356 e. The average molecular weight is 466 g/mol. The minimum Gasteiger partial charge on any atom is -0.356 e. The summed E-state index contributed by atoms with van der Waals surface area (Å²) in [6, 6.07) is 7.72. The van der Waals surface area contributed by atoms with E-state index in [4.69, 9.17) is 11.6 Å². The molecule has 0 spiro atoms. The van der Waals surface area contributed by atoms with Crippen LogP contribution in [0.5, 0.6) is 0 Å². The van der Waals surface area contributed by atoms with Gasteiger partial charge in [0, 0.05) is 24.7 Å². The molecule has 0 saturated carbocycles. The molecule has 2 amide bonds. The third-order valence-corrected chi connectivity index (χ3v) is 6.00. The number of thioether (sulfide) groups is 1. The van der Waals surface area contributed by atoms with Crippen LogP contribution in [0, 0.1) is 11.7 Å². The first-order chi connectivity index (χ1) is 15.0. The lowest BCUT2D eigenvalue weighted by Gasteiger charge is -2.32. The zero-order valence-electron chi connectivity index (χ0n) is 17.2. The number of nitrogens with zero attached hydrogens (tertiary/aromatic N) is 3. The summed E-state index contributed by atoms with van der Waals surface area (Å²) in [5.74, 6) is -0.111. The highest BCUT2D eigenvalue weighted by molar-refractivity contribution is 7.99. The van der Waals surface area contributed by atoms with Gasteiger partial charge in [0.25, 0.3) is 0 Å². The molecule has 0 aliphatic carbocycles. The Bertz CT molecular complexity index is 915. The number of hydrogen-bond acceptors (Lipinski definition) is 6. The van der Waals surface area contributed by atoms with Gasteiger partial charge in [-0.05, 0) is 49.6 Å². The normalized spacial score (nSPS) is 16.1. The summed E-state index contributed by atoms with van der Waals surface area (Å²) >= 11 is 6.92. The van der Waals surface area contributed by atoms with Crippen molar-refractivity contribution >= 4 is 46.7 Å². The number of anilines is 2. The Morgan fingerprint density at radius 3 is 2.84 bits per heavy atom. The summed E-state index contributed by atoms with van der Waals surface area (Å²) in [5.41, 5.74) is 0.0825. The van der Waals surface area contributed by atoms with Gasteiger partial charge in [0.2, 0.25) is 11.8 Å². The Hall–Kier alpha value is -2.39. The van der Waals surface area contributed by atoms with Crippen molar-refractivity contribution in [3.8, 4) is 0 Å². The molecular weight excluding hydrogens is 441 g/mol. The Kier molecular flexibility index (Phi) is 8.48. The molecule has 2 heterocycles. The summed E-state index contributed by atoms with van der Waals surface area (Å²) < 4.78 is 13.8. The van der Waals surface area contributed by atoms with Gasteiger partial charge in [-0.15, -0.1) is 10.2 Å². The molecule has 3 rings (SSSR count). The lowest BCUT2D eigenvalue weighted by atomic mass is 9.97. The molecule has 10 heteroatoms. The summed E-state index contributed by atoms with van der Waals surface area (Å²) in [6.07, 6.45) is 2.71. The third-order valence-electron chi connectivity index (χ3n) is 4.85. The van der Waals surface area contributed by atoms with E-state index in [2.05, 4.69) is 25.7 Å². The molecule has 2 N–H and O–H groups in total. The van der Waals surface area contributed by atoms with Crippen LogP contribution in [0.1, 0.15) is 26.2 Å². The quantitative estimate of drug-likeness (QED) is 0.577. The zero-order chi connectivity index (χ0) is 22.2. The van der Waals surface area contributed by atoms with Gasteiger partial charge < -0.3 is 15.5 Å². The van der Waals surface area contributed by atoms with Gasteiger partial charge in [-0.25, -0.2) is 4.39 Å². The second kappa shape index (κ2) is 11.3. The van der Waals surface area contributed by atoms with Crippen molar-refractivity contribution in [2.45, 2.75) is 31.2 Å². The fraction of sp³-hybridized carbons (Fsp3) is 0.429. The SMILES string of the molecule is CCCNC(=O)[C@H]1CCCN(c2ccc(SCC(=O)Nc3ccc(Cl)cc3F)nn2)C1. The third kappa shape index (κ3) is 6.80. The second-order valence-electron chi connectivity index (χ2n) is 7.27. The number of hydrogen-bond donors (Lipinski definition) is 2. The fourth-order valence-electron chi connectivity index (χ4n) is 3.27. The minimum absolute atomic E-state index is 0.0480. The van der Waals surface area contributed by atoms with Crippen LogP contribution in [-0.2, 0) is 9.59 Å². The smallest absolute Gasteiger partial charge is 0.234 e. The monoisotopic (exact) mass is 465 g/mol. The van der Waals surface area contributed by atoms with Crippen LogP contribution in [0.3, 0.4) is 0 Å². The predicted molar refractivity (Wildman–Crippen MR) is 121 cm³/mol. The van der Waals surface area contributed by atoms with Gasteiger partial charge in [0.05, 0.1) is 17.4 Å². The van der Waals surface area contributed by atoms with Crippen molar-refractivity contribution in [3.63, 3.8) is 0 Å². The van der Waals surface area contributed by atoms with Crippen LogP contribution in [-0.4, -0.2) is 47.4 Å². The van der Waals surface area contributed by atoms with Crippen LogP contribution >= 0.6 is 23.4 Å². The average Bonchev–Trinajstić information content (AvgIpc) is 2.78. The number of rotatable bonds is 8. The predicted octanol–water partition coefficient (Wildman–Crippen LogP) is 3.74. The van der Waals surface area contributed by atoms with Crippen LogP contribution in [0.4, 0.5) is 15.9 Å². The van der Waals surface area contributed by atoms with Crippen LogP contribution in [0.15, 0.2) is 35.4 Å². The maximum Gasteiger partial charge on any atom is 0.234 e. The first kappa shape index (κ1) is 23.3. The van der Waals surface area contributed by atoms with E-state index in [-0.39, 0.29) is 34.2 Å². The number of aromatic nitrogens is 2. The summed E-state index contributed by atoms with van der Waals surface area (Å²) in [4.78, 5) is 26.4. The zero-order valence-corrected chi connectivity index (χ0v) is 18.8. The molecule has 1 aliphatic rings. The Labute approximate surface area is 190 Å². The lowest BCUT2D eigenvalue weighted by molar-refractivity contribution is -0.125. The molecule has 0 radical (unpaired) electrons. The van der Waals surface area contributed by atoms with E-state index in [0.29, 0.717) is 23.9 Å². The van der Waals surface area contributed by atoms with Crippen molar-refractivity contribution < 1.29 is 14.0 Å². The molecule has 1 saturated heterocycles. The van der Waals surface area contributed by atoms with Crippen LogP contribution < -0.4 is 15.5 Å². The molecule has 2 aromatic rings. The molecule has 166 valence electrons. The van der Waals surface area contributed by atoms with Gasteiger partial charge in [0.1, 0.15) is 10.8 Å². The highest BCUT2D eigenvalue weighted by Crippen LogP contribution is 2.24. The molecule has 1 aromatic heterocycles. The topological polar surface area (TPSA) is 87.2 Å². The summed E-state index contributed by atoms with van der Waals surface area (Å²) in [7, 11) is 0. The van der Waals surface area contributed by atoms with E-state index in [1.54, 1.807) is 6.07 Å². The molecular formula is C21H25ClFN5O2S. The Balaban J connectivity index is 1.50. The molecule has 0 bridgehead atoms. The number of carbonyl (C=O) groups is 2. The highest BCUT2D eigenvalue weighted by atomic mass is 35.5. The first-order valence-electron chi connectivity index (χ1n) is 10.2. The van der Waals surface area contributed by atoms with E-state index < -0.39 is 5.82 Å². The Morgan fingerprint density at radius 1 is 1.29 bits per heavy atom. The standard InChI is InChI=1S/C21H25ClFN5O2S/c1-2-9-24-21(30)14-4-3-10-28(12-14)18-7-8-20(27-26-18)31-13-19(29)25-17-6-5-15(22)11-16(17)23/h5-8,11,14H,2-4,9-10,12-13H2,1H3,(H,24,30)(H,25,29)/t14-/m0/s1. The van der Waals surface area contributed by atoms with E-state index in [0.717, 1.165) is 31.9 Å². The van der Waals surface area contributed by atoms with E-state index in [1.165, 1.54) is 23.9 Å². The molecule has 31 heavy (non-hydrogen) atoms. The number of benzene rings is 1. The molecule has 1 aromatic carbocycles. The maximum absolute atomic E-state index is 13.8. The van der Waals surface area contributed by atoms with Crippen molar-refractivity contribution in [1.82, 2.24) is 15.5 Å². The minimum atomic E-state index is -0.585. The number of halogens is 2. The van der Waals surface area contributed by atoms with Crippen molar-refractivity contribution in [2.24, 2.45) is 5.92 Å². The van der Waals surface area contributed by atoms with Gasteiger partial charge in [-0.3, -0.25) is 9.59 Å². The molecule has 1 fully saturated rings. The molecule has 1 aliphatic heterocycles. The van der Waals surface area contributed by atoms with Crippen LogP contribution in [0.25, 0.3) is 0 Å². The molecule has 1 atom stereocenters. The van der Waals surface area contributed by atoms with Gasteiger partial charge >= 0.3 is 0 Å². The highest BCUT2D eigenvalue weighted by Gasteiger charge is 2.26. The van der Waals surface area contributed by atoms with Gasteiger partial charge in [-0.1, -0.05) is 30.3 Å². The number of carbonyl (C=O) groups excluding carboxylic acids is 2. The second-order valence-corrected chi connectivity index (χ2v) is 8.70. The van der Waals surface area contributed by atoms with Crippen molar-refractivity contribution in [2.75, 3.05) is 35.6 Å². The van der Waals surface area contributed by atoms with E-state index in [9.17, 15) is 14.0 Å². The fourth-order valence-corrected chi connectivity index (χ4v) is 4.04. The van der Waals surface area contributed by atoms with E-state index in [1.807, 2.05) is 13.0 Å².